The maximum absolute atomic E-state index is 6.08. The Morgan fingerprint density at radius 3 is 2.32 bits per heavy atom. The van der Waals surface area contributed by atoms with Crippen LogP contribution >= 0.6 is 23.2 Å². The average molecular weight is 302 g/mol. The van der Waals surface area contributed by atoms with Crippen molar-refractivity contribution in [1.82, 2.24) is 9.80 Å². The summed E-state index contributed by atoms with van der Waals surface area (Å²) in [7, 11) is 2.17. The van der Waals surface area contributed by atoms with Crippen molar-refractivity contribution in [3.63, 3.8) is 0 Å². The standard InChI is InChI=1S/C14H21Cl2N3/c1-14(2)9-19(5-4-18(14)3)8-10-6-11(15)13(17)12(16)7-10/h6-7H,4-5,8-9,17H2,1-3H3. The summed E-state index contributed by atoms with van der Waals surface area (Å²) >= 11 is 12.2. The summed E-state index contributed by atoms with van der Waals surface area (Å²) in [5, 5.41) is 1.08. The number of hydrogen-bond donors (Lipinski definition) is 1. The quantitative estimate of drug-likeness (QED) is 0.852. The molecule has 1 heterocycles. The van der Waals surface area contributed by atoms with Crippen molar-refractivity contribution in [3.05, 3.63) is 27.7 Å². The molecule has 0 radical (unpaired) electrons. The van der Waals surface area contributed by atoms with Crippen LogP contribution in [0.1, 0.15) is 19.4 Å². The SMILES string of the molecule is CN1CCN(Cc2cc(Cl)c(N)c(Cl)c2)CC1(C)C. The number of hydrogen-bond acceptors (Lipinski definition) is 3. The molecule has 2 N–H and O–H groups in total. The zero-order valence-corrected chi connectivity index (χ0v) is 13.2. The second kappa shape index (κ2) is 5.49. The first-order chi connectivity index (χ1) is 8.79. The Morgan fingerprint density at radius 1 is 1.21 bits per heavy atom. The molecule has 2 rings (SSSR count). The van der Waals surface area contributed by atoms with Gasteiger partial charge in [-0.05, 0) is 38.6 Å². The zero-order chi connectivity index (χ0) is 14.2. The number of likely N-dealkylation sites (N-methyl/N-ethyl adjacent to an activating group) is 1. The molecule has 1 aromatic rings. The van der Waals surface area contributed by atoms with Gasteiger partial charge in [0.05, 0.1) is 15.7 Å². The van der Waals surface area contributed by atoms with Gasteiger partial charge in [0.1, 0.15) is 0 Å². The predicted molar refractivity (Wildman–Crippen MR) is 82.9 cm³/mol. The highest BCUT2D eigenvalue weighted by Crippen LogP contribution is 2.30. The van der Waals surface area contributed by atoms with Crippen molar-refractivity contribution < 1.29 is 0 Å². The Labute approximate surface area is 125 Å². The van der Waals surface area contributed by atoms with Gasteiger partial charge >= 0.3 is 0 Å². The van der Waals surface area contributed by atoms with E-state index in [0.717, 1.165) is 31.7 Å². The molecule has 0 saturated carbocycles. The van der Waals surface area contributed by atoms with E-state index in [1.807, 2.05) is 12.1 Å². The molecular weight excluding hydrogens is 281 g/mol. The van der Waals surface area contributed by atoms with E-state index in [-0.39, 0.29) is 5.54 Å². The third-order valence-corrected chi connectivity index (χ3v) is 4.57. The molecule has 5 heteroatoms. The van der Waals surface area contributed by atoms with Crippen LogP contribution in [-0.2, 0) is 6.54 Å². The van der Waals surface area contributed by atoms with Gasteiger partial charge in [0, 0.05) is 31.7 Å². The smallest absolute Gasteiger partial charge is 0.0693 e. The lowest BCUT2D eigenvalue weighted by molar-refractivity contribution is 0.0360. The van der Waals surface area contributed by atoms with Crippen molar-refractivity contribution in [2.45, 2.75) is 25.9 Å². The van der Waals surface area contributed by atoms with E-state index in [4.69, 9.17) is 28.9 Å². The highest BCUT2D eigenvalue weighted by molar-refractivity contribution is 6.38. The molecule has 1 aliphatic rings. The first-order valence-corrected chi connectivity index (χ1v) is 7.22. The molecule has 1 fully saturated rings. The number of rotatable bonds is 2. The molecule has 0 atom stereocenters. The summed E-state index contributed by atoms with van der Waals surface area (Å²) < 4.78 is 0. The molecule has 0 bridgehead atoms. The molecule has 1 aromatic carbocycles. The van der Waals surface area contributed by atoms with Gasteiger partial charge in [0.2, 0.25) is 0 Å². The second-order valence-corrected chi connectivity index (χ2v) is 6.73. The van der Waals surface area contributed by atoms with E-state index in [0.29, 0.717) is 15.7 Å². The summed E-state index contributed by atoms with van der Waals surface area (Å²) in [5.74, 6) is 0. The molecule has 0 unspecified atom stereocenters. The first-order valence-electron chi connectivity index (χ1n) is 6.46. The van der Waals surface area contributed by atoms with E-state index >= 15 is 0 Å². The zero-order valence-electron chi connectivity index (χ0n) is 11.7. The van der Waals surface area contributed by atoms with Crippen molar-refractivity contribution >= 4 is 28.9 Å². The first kappa shape index (κ1) is 14.9. The number of nitrogens with zero attached hydrogens (tertiary/aromatic N) is 2. The van der Waals surface area contributed by atoms with Gasteiger partial charge in [0.25, 0.3) is 0 Å². The fourth-order valence-corrected chi connectivity index (χ4v) is 2.99. The van der Waals surface area contributed by atoms with E-state index in [9.17, 15) is 0 Å². The molecule has 3 nitrogen and oxygen atoms in total. The normalized spacial score (nSPS) is 20.7. The molecule has 0 spiro atoms. The van der Waals surface area contributed by atoms with Gasteiger partial charge in [-0.2, -0.15) is 0 Å². The fraction of sp³-hybridized carbons (Fsp3) is 0.571. The molecule has 19 heavy (non-hydrogen) atoms. The number of nitrogens with two attached hydrogens (primary N) is 1. The van der Waals surface area contributed by atoms with Gasteiger partial charge in [-0.3, -0.25) is 9.80 Å². The maximum atomic E-state index is 6.08. The van der Waals surface area contributed by atoms with E-state index in [2.05, 4.69) is 30.7 Å². The van der Waals surface area contributed by atoms with Gasteiger partial charge in [-0.1, -0.05) is 23.2 Å². The lowest BCUT2D eigenvalue weighted by atomic mass is 9.99. The van der Waals surface area contributed by atoms with Crippen LogP contribution < -0.4 is 5.73 Å². The second-order valence-electron chi connectivity index (χ2n) is 5.92. The van der Waals surface area contributed by atoms with Gasteiger partial charge < -0.3 is 5.73 Å². The third kappa shape index (κ3) is 3.34. The van der Waals surface area contributed by atoms with Crippen molar-refractivity contribution in [2.75, 3.05) is 32.4 Å². The predicted octanol–water partition coefficient (Wildman–Crippen LogP) is 3.10. The number of benzene rings is 1. The number of piperazine rings is 1. The number of anilines is 1. The van der Waals surface area contributed by atoms with Crippen LogP contribution in [0.4, 0.5) is 5.69 Å². The minimum atomic E-state index is 0.194. The van der Waals surface area contributed by atoms with E-state index in [1.165, 1.54) is 0 Å². The minimum absolute atomic E-state index is 0.194. The molecule has 0 aliphatic carbocycles. The number of halogens is 2. The monoisotopic (exact) mass is 301 g/mol. The van der Waals surface area contributed by atoms with Crippen LogP contribution in [0.3, 0.4) is 0 Å². The van der Waals surface area contributed by atoms with E-state index in [1.54, 1.807) is 0 Å². The number of nitrogen functional groups attached to an aromatic ring is 1. The summed E-state index contributed by atoms with van der Waals surface area (Å²) in [6.07, 6.45) is 0. The van der Waals surface area contributed by atoms with Crippen LogP contribution in [0.15, 0.2) is 12.1 Å². The van der Waals surface area contributed by atoms with Crippen LogP contribution in [0, 0.1) is 0 Å². The van der Waals surface area contributed by atoms with Crippen molar-refractivity contribution in [2.24, 2.45) is 0 Å². The maximum Gasteiger partial charge on any atom is 0.0693 e. The van der Waals surface area contributed by atoms with Crippen LogP contribution in [0.5, 0.6) is 0 Å². The lowest BCUT2D eigenvalue weighted by Crippen LogP contribution is -2.57. The van der Waals surface area contributed by atoms with Crippen LogP contribution in [-0.4, -0.2) is 42.0 Å². The molecule has 0 aromatic heterocycles. The summed E-state index contributed by atoms with van der Waals surface area (Å²) in [4.78, 5) is 4.82. The Balaban J connectivity index is 2.10. The average Bonchev–Trinajstić information content (AvgIpc) is 2.30. The molecular formula is C14H21Cl2N3. The van der Waals surface area contributed by atoms with Gasteiger partial charge in [-0.15, -0.1) is 0 Å². The molecule has 1 aliphatic heterocycles. The van der Waals surface area contributed by atoms with Crippen LogP contribution in [0.25, 0.3) is 0 Å². The topological polar surface area (TPSA) is 32.5 Å². The van der Waals surface area contributed by atoms with Crippen molar-refractivity contribution in [1.29, 1.82) is 0 Å². The summed E-state index contributed by atoms with van der Waals surface area (Å²) in [6.45, 7) is 8.55. The molecule has 0 amide bonds. The minimum Gasteiger partial charge on any atom is -0.396 e. The highest BCUT2D eigenvalue weighted by atomic mass is 35.5. The summed E-state index contributed by atoms with van der Waals surface area (Å²) in [6, 6.07) is 3.82. The van der Waals surface area contributed by atoms with Crippen LogP contribution in [0.2, 0.25) is 10.0 Å². The fourth-order valence-electron chi connectivity index (χ4n) is 2.46. The Hall–Kier alpha value is -0.480. The highest BCUT2D eigenvalue weighted by Gasteiger charge is 2.30. The van der Waals surface area contributed by atoms with Crippen molar-refractivity contribution in [3.8, 4) is 0 Å². The Bertz CT molecular complexity index is 451. The van der Waals surface area contributed by atoms with Gasteiger partial charge in [-0.25, -0.2) is 0 Å². The van der Waals surface area contributed by atoms with E-state index < -0.39 is 0 Å². The molecule has 1 saturated heterocycles. The summed E-state index contributed by atoms with van der Waals surface area (Å²) in [5.41, 5.74) is 7.53. The Morgan fingerprint density at radius 2 is 1.79 bits per heavy atom. The van der Waals surface area contributed by atoms with Gasteiger partial charge in [0.15, 0.2) is 0 Å². The molecule has 106 valence electrons. The Kier molecular flexibility index (Phi) is 4.31. The lowest BCUT2D eigenvalue weighted by Gasteiger charge is -2.45. The largest absolute Gasteiger partial charge is 0.396 e. The third-order valence-electron chi connectivity index (χ3n) is 3.94.